The van der Waals surface area contributed by atoms with Gasteiger partial charge in [-0.05, 0) is 24.6 Å². The molecule has 0 saturated heterocycles. The minimum atomic E-state index is -0.429. The summed E-state index contributed by atoms with van der Waals surface area (Å²) in [5.74, 6) is -0.546. The van der Waals surface area contributed by atoms with Gasteiger partial charge in [0.1, 0.15) is 5.82 Å². The zero-order valence-electron chi connectivity index (χ0n) is 14.2. The summed E-state index contributed by atoms with van der Waals surface area (Å²) in [6.07, 6.45) is 10.1. The predicted molar refractivity (Wildman–Crippen MR) is 93.9 cm³/mol. The number of pyridine rings is 1. The van der Waals surface area contributed by atoms with Crippen LogP contribution >= 0.6 is 0 Å². The van der Waals surface area contributed by atoms with E-state index in [0.29, 0.717) is 17.7 Å². The second-order valence-corrected chi connectivity index (χ2v) is 6.01. The van der Waals surface area contributed by atoms with E-state index in [1.54, 1.807) is 53.4 Å². The first-order valence-corrected chi connectivity index (χ1v) is 7.91. The van der Waals surface area contributed by atoms with Gasteiger partial charge in [-0.3, -0.25) is 14.5 Å². The van der Waals surface area contributed by atoms with Crippen molar-refractivity contribution in [2.45, 2.75) is 13.5 Å². The molecule has 0 N–H and O–H groups in total. The lowest BCUT2D eigenvalue weighted by molar-refractivity contribution is -0.125. The molecule has 0 aliphatic carbocycles. The van der Waals surface area contributed by atoms with E-state index in [4.69, 9.17) is 0 Å². The molecule has 0 fully saturated rings. The Morgan fingerprint density at radius 2 is 2.16 bits per heavy atom. The molecule has 1 aliphatic heterocycles. The first-order chi connectivity index (χ1) is 12.0. The SMILES string of the molecule is C=C/C=C\C1=C(C)CN(Cc2ncc(-c3cnn(C)c3)cc2F)C1=O. The summed E-state index contributed by atoms with van der Waals surface area (Å²) in [6, 6.07) is 1.43. The smallest absolute Gasteiger partial charge is 0.254 e. The minimum absolute atomic E-state index is 0.117. The molecule has 2 aromatic heterocycles. The van der Waals surface area contributed by atoms with Crippen molar-refractivity contribution in [1.82, 2.24) is 19.7 Å². The third-order valence-electron chi connectivity index (χ3n) is 4.10. The summed E-state index contributed by atoms with van der Waals surface area (Å²) in [5.41, 5.74) is 3.29. The van der Waals surface area contributed by atoms with Crippen molar-refractivity contribution in [3.63, 3.8) is 0 Å². The molecule has 1 aliphatic rings. The summed E-state index contributed by atoms with van der Waals surface area (Å²) in [4.78, 5) is 18.3. The number of hydrogen-bond acceptors (Lipinski definition) is 3. The summed E-state index contributed by atoms with van der Waals surface area (Å²) >= 11 is 0. The zero-order valence-corrected chi connectivity index (χ0v) is 14.2. The monoisotopic (exact) mass is 338 g/mol. The van der Waals surface area contributed by atoms with E-state index in [-0.39, 0.29) is 18.1 Å². The van der Waals surface area contributed by atoms with Crippen LogP contribution in [0, 0.1) is 5.82 Å². The maximum absolute atomic E-state index is 14.5. The van der Waals surface area contributed by atoms with E-state index in [9.17, 15) is 9.18 Å². The lowest BCUT2D eigenvalue weighted by Crippen LogP contribution is -2.27. The summed E-state index contributed by atoms with van der Waals surface area (Å²) < 4.78 is 16.1. The van der Waals surface area contributed by atoms with Crippen molar-refractivity contribution < 1.29 is 9.18 Å². The molecular weight excluding hydrogens is 319 g/mol. The summed E-state index contributed by atoms with van der Waals surface area (Å²) in [5, 5.41) is 4.07. The van der Waals surface area contributed by atoms with Gasteiger partial charge in [0.05, 0.1) is 18.4 Å². The average Bonchev–Trinajstić information content (AvgIpc) is 3.12. The van der Waals surface area contributed by atoms with Crippen LogP contribution < -0.4 is 0 Å². The molecule has 5 nitrogen and oxygen atoms in total. The Hall–Kier alpha value is -3.02. The molecule has 3 heterocycles. The first kappa shape index (κ1) is 16.8. The van der Waals surface area contributed by atoms with Crippen molar-refractivity contribution in [3.8, 4) is 11.1 Å². The number of rotatable bonds is 5. The molecular formula is C19H19FN4O. The van der Waals surface area contributed by atoms with Gasteiger partial charge < -0.3 is 4.90 Å². The molecule has 0 saturated carbocycles. The summed E-state index contributed by atoms with van der Waals surface area (Å²) in [7, 11) is 1.80. The molecule has 0 radical (unpaired) electrons. The van der Waals surface area contributed by atoms with Crippen molar-refractivity contribution in [2.75, 3.05) is 6.54 Å². The van der Waals surface area contributed by atoms with Gasteiger partial charge in [0.2, 0.25) is 0 Å². The lowest BCUT2D eigenvalue weighted by atomic mass is 10.1. The lowest BCUT2D eigenvalue weighted by Gasteiger charge is -2.16. The van der Waals surface area contributed by atoms with E-state index in [1.807, 2.05) is 6.92 Å². The van der Waals surface area contributed by atoms with Crippen LogP contribution in [0.1, 0.15) is 12.6 Å². The van der Waals surface area contributed by atoms with Gasteiger partial charge >= 0.3 is 0 Å². The molecule has 0 spiro atoms. The maximum atomic E-state index is 14.5. The van der Waals surface area contributed by atoms with Crippen LogP contribution in [-0.4, -0.2) is 32.1 Å². The zero-order chi connectivity index (χ0) is 18.0. The number of hydrogen-bond donors (Lipinski definition) is 0. The van der Waals surface area contributed by atoms with Gasteiger partial charge in [0.15, 0.2) is 0 Å². The third-order valence-corrected chi connectivity index (χ3v) is 4.10. The van der Waals surface area contributed by atoms with Crippen molar-refractivity contribution >= 4 is 5.91 Å². The highest BCUT2D eigenvalue weighted by Gasteiger charge is 2.27. The Morgan fingerprint density at radius 3 is 2.80 bits per heavy atom. The van der Waals surface area contributed by atoms with Crippen LogP contribution in [0.15, 0.2) is 60.6 Å². The molecule has 0 aromatic carbocycles. The van der Waals surface area contributed by atoms with Gasteiger partial charge in [-0.25, -0.2) is 4.39 Å². The molecule has 2 aromatic rings. The normalized spacial score (nSPS) is 14.8. The number of aryl methyl sites for hydroxylation is 1. The van der Waals surface area contributed by atoms with Crippen LogP contribution in [0.2, 0.25) is 0 Å². The number of aromatic nitrogens is 3. The fourth-order valence-electron chi connectivity index (χ4n) is 2.79. The number of allylic oxidation sites excluding steroid dienone is 2. The molecule has 128 valence electrons. The number of carbonyl (C=O) groups excluding carboxylic acids is 1. The van der Waals surface area contributed by atoms with Crippen molar-refractivity contribution in [3.05, 3.63) is 72.1 Å². The Balaban J connectivity index is 1.77. The molecule has 0 unspecified atom stereocenters. The highest BCUT2D eigenvalue weighted by atomic mass is 19.1. The van der Waals surface area contributed by atoms with E-state index in [2.05, 4.69) is 16.7 Å². The van der Waals surface area contributed by atoms with Crippen molar-refractivity contribution in [1.29, 1.82) is 0 Å². The van der Waals surface area contributed by atoms with Gasteiger partial charge in [-0.1, -0.05) is 18.7 Å². The standard InChI is InChI=1S/C19H19FN4O/c1-4-5-6-16-13(2)10-24(19(16)25)12-18-17(20)7-14(8-21-18)15-9-22-23(3)11-15/h4-9,11H,1,10,12H2,2-3H3/b6-5-. The fourth-order valence-corrected chi connectivity index (χ4v) is 2.79. The molecule has 0 atom stereocenters. The van der Waals surface area contributed by atoms with Gasteiger partial charge in [-0.15, -0.1) is 0 Å². The topological polar surface area (TPSA) is 51.0 Å². The van der Waals surface area contributed by atoms with Crippen LogP contribution in [-0.2, 0) is 18.4 Å². The average molecular weight is 338 g/mol. The number of halogens is 1. The van der Waals surface area contributed by atoms with Gasteiger partial charge in [-0.2, -0.15) is 5.10 Å². The molecule has 0 bridgehead atoms. The van der Waals surface area contributed by atoms with E-state index < -0.39 is 5.82 Å². The Morgan fingerprint density at radius 1 is 1.36 bits per heavy atom. The van der Waals surface area contributed by atoms with Crippen LogP contribution in [0.3, 0.4) is 0 Å². The molecule has 25 heavy (non-hydrogen) atoms. The molecule has 1 amide bonds. The van der Waals surface area contributed by atoms with E-state index >= 15 is 0 Å². The predicted octanol–water partition coefficient (Wildman–Crippen LogP) is 3.02. The van der Waals surface area contributed by atoms with Crippen molar-refractivity contribution in [2.24, 2.45) is 7.05 Å². The largest absolute Gasteiger partial charge is 0.329 e. The fraction of sp³-hybridized carbons (Fsp3) is 0.211. The maximum Gasteiger partial charge on any atom is 0.254 e. The van der Waals surface area contributed by atoms with Crippen LogP contribution in [0.25, 0.3) is 11.1 Å². The molecule has 6 heteroatoms. The van der Waals surface area contributed by atoms with E-state index in [0.717, 1.165) is 11.1 Å². The number of amides is 1. The second-order valence-electron chi connectivity index (χ2n) is 6.01. The van der Waals surface area contributed by atoms with Crippen LogP contribution in [0.5, 0.6) is 0 Å². The minimum Gasteiger partial charge on any atom is -0.329 e. The first-order valence-electron chi connectivity index (χ1n) is 7.91. The highest BCUT2D eigenvalue weighted by molar-refractivity contribution is 5.99. The van der Waals surface area contributed by atoms with E-state index in [1.165, 1.54) is 6.07 Å². The highest BCUT2D eigenvalue weighted by Crippen LogP contribution is 2.24. The second kappa shape index (κ2) is 6.84. The quantitative estimate of drug-likeness (QED) is 0.788. The molecule has 3 rings (SSSR count). The summed E-state index contributed by atoms with van der Waals surface area (Å²) in [6.45, 7) is 6.12. The third kappa shape index (κ3) is 3.42. The Bertz CT molecular complexity index is 895. The number of carbonyl (C=O) groups is 1. The Kier molecular flexibility index (Phi) is 4.61. The van der Waals surface area contributed by atoms with Gasteiger partial charge in [0, 0.05) is 42.7 Å². The Labute approximate surface area is 145 Å². The number of nitrogens with zero attached hydrogens (tertiary/aromatic N) is 4. The van der Waals surface area contributed by atoms with Gasteiger partial charge in [0.25, 0.3) is 5.91 Å². The van der Waals surface area contributed by atoms with Crippen LogP contribution in [0.4, 0.5) is 4.39 Å².